The van der Waals surface area contributed by atoms with Gasteiger partial charge in [-0.1, -0.05) is 31.2 Å². The summed E-state index contributed by atoms with van der Waals surface area (Å²) in [5, 5.41) is 0.517. The van der Waals surface area contributed by atoms with Gasteiger partial charge in [-0.05, 0) is 67.7 Å². The lowest BCUT2D eigenvalue weighted by atomic mass is 10.00. The van der Waals surface area contributed by atoms with Crippen LogP contribution in [0.4, 0.5) is 4.39 Å². The van der Waals surface area contributed by atoms with Gasteiger partial charge in [0, 0.05) is 12.6 Å². The number of carbonyl (C=O) groups excluding carboxylic acids is 1. The van der Waals surface area contributed by atoms with Gasteiger partial charge in [-0.3, -0.25) is 18.6 Å². The largest absolute Gasteiger partial charge is 0.338 e. The molecule has 0 aliphatic carbocycles. The predicted octanol–water partition coefficient (Wildman–Crippen LogP) is 5.64. The molecule has 8 heteroatoms. The van der Waals surface area contributed by atoms with Gasteiger partial charge in [0.25, 0.3) is 5.56 Å². The van der Waals surface area contributed by atoms with E-state index < -0.39 is 0 Å². The zero-order valence-corrected chi connectivity index (χ0v) is 19.9. The molecule has 1 amide bonds. The number of aromatic nitrogens is 2. The number of para-hydroxylation sites is 1. The number of fused-ring (bicyclic) bond motifs is 3. The van der Waals surface area contributed by atoms with Crippen LogP contribution in [0.1, 0.15) is 32.6 Å². The van der Waals surface area contributed by atoms with Crippen LogP contribution in [-0.2, 0) is 11.3 Å². The van der Waals surface area contributed by atoms with Crippen LogP contribution in [0.3, 0.4) is 0 Å². The molecule has 0 N–H and O–H groups in total. The second-order valence-corrected chi connectivity index (χ2v) is 10.1. The highest BCUT2D eigenvalue weighted by molar-refractivity contribution is 7.73. The van der Waals surface area contributed by atoms with Crippen molar-refractivity contribution in [2.75, 3.05) is 6.54 Å². The molecule has 0 bridgehead atoms. The van der Waals surface area contributed by atoms with Gasteiger partial charge in [-0.2, -0.15) is 0 Å². The number of carbonyl (C=O) groups is 1. The lowest BCUT2D eigenvalue weighted by Crippen LogP contribution is -2.46. The first-order valence-electron chi connectivity index (χ1n) is 11.2. The lowest BCUT2D eigenvalue weighted by molar-refractivity contribution is -0.135. The summed E-state index contributed by atoms with van der Waals surface area (Å²) in [6.45, 7) is 2.77. The van der Waals surface area contributed by atoms with Crippen LogP contribution >= 0.6 is 23.6 Å². The van der Waals surface area contributed by atoms with E-state index in [0.29, 0.717) is 20.5 Å². The third kappa shape index (κ3) is 3.81. The molecule has 0 saturated carbocycles. The zero-order chi connectivity index (χ0) is 23.1. The van der Waals surface area contributed by atoms with Crippen molar-refractivity contribution in [1.82, 2.24) is 13.9 Å². The Morgan fingerprint density at radius 2 is 1.91 bits per heavy atom. The summed E-state index contributed by atoms with van der Waals surface area (Å²) in [7, 11) is 0. The fraction of sp³-hybridized carbons (Fsp3) is 0.320. The highest BCUT2D eigenvalue weighted by atomic mass is 32.1. The Labute approximate surface area is 199 Å². The Hall–Kier alpha value is -2.84. The third-order valence-electron chi connectivity index (χ3n) is 6.48. The summed E-state index contributed by atoms with van der Waals surface area (Å²) in [5.74, 6) is -0.386. The van der Waals surface area contributed by atoms with E-state index in [0.717, 1.165) is 42.7 Å². The number of amides is 1. The van der Waals surface area contributed by atoms with Crippen LogP contribution in [0.25, 0.3) is 27.0 Å². The van der Waals surface area contributed by atoms with Crippen molar-refractivity contribution in [3.63, 3.8) is 0 Å². The molecule has 1 fully saturated rings. The molecule has 1 unspecified atom stereocenters. The summed E-state index contributed by atoms with van der Waals surface area (Å²) >= 11 is 7.07. The van der Waals surface area contributed by atoms with Gasteiger partial charge in [0.1, 0.15) is 18.0 Å². The number of piperidine rings is 1. The van der Waals surface area contributed by atoms with Crippen molar-refractivity contribution in [3.8, 4) is 10.4 Å². The second kappa shape index (κ2) is 8.83. The molecule has 1 saturated heterocycles. The van der Waals surface area contributed by atoms with E-state index in [1.165, 1.54) is 23.5 Å². The smallest absolute Gasteiger partial charge is 0.262 e. The van der Waals surface area contributed by atoms with E-state index in [1.807, 2.05) is 27.5 Å². The number of nitrogens with zero attached hydrogens (tertiary/aromatic N) is 3. The highest BCUT2D eigenvalue weighted by Crippen LogP contribution is 2.33. The summed E-state index contributed by atoms with van der Waals surface area (Å²) in [6.07, 6.45) is 4.00. The van der Waals surface area contributed by atoms with E-state index in [-0.39, 0.29) is 29.9 Å². The van der Waals surface area contributed by atoms with Crippen molar-refractivity contribution in [2.45, 2.75) is 45.2 Å². The van der Waals surface area contributed by atoms with Crippen molar-refractivity contribution in [2.24, 2.45) is 0 Å². The fourth-order valence-electron chi connectivity index (χ4n) is 4.83. The Balaban J connectivity index is 1.75. The number of halogens is 1. The van der Waals surface area contributed by atoms with Crippen molar-refractivity contribution in [1.29, 1.82) is 0 Å². The quantitative estimate of drug-likeness (QED) is 0.354. The maximum Gasteiger partial charge on any atom is 0.262 e. The van der Waals surface area contributed by atoms with Gasteiger partial charge in [0.15, 0.2) is 3.95 Å². The van der Waals surface area contributed by atoms with Gasteiger partial charge in [-0.25, -0.2) is 4.39 Å². The molecular weight excluding hydrogens is 457 g/mol. The molecule has 33 heavy (non-hydrogen) atoms. The van der Waals surface area contributed by atoms with Gasteiger partial charge in [-0.15, -0.1) is 11.3 Å². The molecule has 5 rings (SSSR count). The average Bonchev–Trinajstić information content (AvgIpc) is 3.19. The Kier molecular flexibility index (Phi) is 5.88. The van der Waals surface area contributed by atoms with Crippen LogP contribution in [0, 0.1) is 9.77 Å². The summed E-state index contributed by atoms with van der Waals surface area (Å²) in [6, 6.07) is 13.7. The molecule has 170 valence electrons. The fourth-order valence-corrected chi connectivity index (χ4v) is 6.26. The summed E-state index contributed by atoms with van der Waals surface area (Å²) in [4.78, 5) is 29.8. The zero-order valence-electron chi connectivity index (χ0n) is 18.3. The maximum atomic E-state index is 13.6. The standard InChI is InChI=1S/C25H24FN3O2S2/c1-2-18-7-5-6-14-27(18)21(30)15-28-23-22(16-10-12-17(26)13-11-16)33-25(32)29(23)20-9-4-3-8-19(20)24(28)31/h3-4,8-13,18H,2,5-7,14-15H2,1H3. The molecule has 1 atom stereocenters. The van der Waals surface area contributed by atoms with E-state index in [1.54, 1.807) is 22.8 Å². The highest BCUT2D eigenvalue weighted by Gasteiger charge is 2.27. The van der Waals surface area contributed by atoms with Gasteiger partial charge < -0.3 is 4.90 Å². The van der Waals surface area contributed by atoms with Gasteiger partial charge in [0.2, 0.25) is 5.91 Å². The molecule has 3 heterocycles. The molecule has 2 aromatic carbocycles. The Bertz CT molecular complexity index is 1470. The van der Waals surface area contributed by atoms with Crippen LogP contribution in [0.2, 0.25) is 0 Å². The minimum Gasteiger partial charge on any atom is -0.338 e. The molecule has 1 aliphatic heterocycles. The minimum atomic E-state index is -0.334. The lowest BCUT2D eigenvalue weighted by Gasteiger charge is -2.35. The van der Waals surface area contributed by atoms with Crippen molar-refractivity contribution < 1.29 is 9.18 Å². The molecule has 2 aromatic heterocycles. The topological polar surface area (TPSA) is 46.7 Å². The number of rotatable bonds is 4. The van der Waals surface area contributed by atoms with Crippen molar-refractivity contribution in [3.05, 3.63) is 68.7 Å². The summed E-state index contributed by atoms with van der Waals surface area (Å²) in [5.41, 5.74) is 1.83. The predicted molar refractivity (Wildman–Crippen MR) is 133 cm³/mol. The molecular formula is C25H24FN3O2S2. The number of benzene rings is 2. The molecule has 5 nitrogen and oxygen atoms in total. The van der Waals surface area contributed by atoms with Crippen LogP contribution in [0.5, 0.6) is 0 Å². The Morgan fingerprint density at radius 3 is 2.67 bits per heavy atom. The van der Waals surface area contributed by atoms with Crippen molar-refractivity contribution >= 4 is 46.0 Å². The number of hydrogen-bond donors (Lipinski definition) is 0. The van der Waals surface area contributed by atoms with Crippen LogP contribution in [-0.4, -0.2) is 32.4 Å². The third-order valence-corrected chi connectivity index (χ3v) is 7.89. The number of thiazole rings is 1. The van der Waals surface area contributed by atoms with Crippen LogP contribution in [0.15, 0.2) is 53.3 Å². The van der Waals surface area contributed by atoms with E-state index in [4.69, 9.17) is 12.2 Å². The number of hydrogen-bond acceptors (Lipinski definition) is 4. The molecule has 1 aliphatic rings. The van der Waals surface area contributed by atoms with Gasteiger partial charge in [0.05, 0.1) is 15.8 Å². The van der Waals surface area contributed by atoms with E-state index in [2.05, 4.69) is 6.92 Å². The molecule has 4 aromatic rings. The second-order valence-electron chi connectivity index (χ2n) is 8.42. The van der Waals surface area contributed by atoms with Gasteiger partial charge >= 0.3 is 0 Å². The maximum absolute atomic E-state index is 13.6. The molecule has 0 spiro atoms. The SMILES string of the molecule is CCC1CCCCN1C(=O)Cn1c(=O)c2ccccc2n2c(=S)sc(-c3ccc(F)cc3)c12. The molecule has 0 radical (unpaired) electrons. The van der Waals surface area contributed by atoms with Crippen LogP contribution < -0.4 is 5.56 Å². The first-order chi connectivity index (χ1) is 16.0. The normalized spacial score (nSPS) is 16.5. The monoisotopic (exact) mass is 481 g/mol. The summed E-state index contributed by atoms with van der Waals surface area (Å²) < 4.78 is 17.6. The van der Waals surface area contributed by atoms with E-state index in [9.17, 15) is 14.0 Å². The number of likely N-dealkylation sites (tertiary alicyclic amines) is 1. The van der Waals surface area contributed by atoms with E-state index >= 15 is 0 Å². The average molecular weight is 482 g/mol. The first-order valence-corrected chi connectivity index (χ1v) is 12.4. The minimum absolute atomic E-state index is 0.0522. The first kappa shape index (κ1) is 22.0. The Morgan fingerprint density at radius 1 is 1.15 bits per heavy atom.